The maximum absolute atomic E-state index is 12.2. The van der Waals surface area contributed by atoms with Crippen molar-refractivity contribution >= 4 is 33.2 Å². The molecule has 0 aliphatic rings. The molecule has 0 aliphatic carbocycles. The molecular formula is C17H18BrN3O3. The summed E-state index contributed by atoms with van der Waals surface area (Å²) in [5, 5.41) is 13.6. The third kappa shape index (κ3) is 5.14. The van der Waals surface area contributed by atoms with Gasteiger partial charge in [0.1, 0.15) is 0 Å². The van der Waals surface area contributed by atoms with Crippen LogP contribution in [0.3, 0.4) is 0 Å². The first-order valence-electron chi connectivity index (χ1n) is 7.33. The molecule has 2 rings (SSSR count). The van der Waals surface area contributed by atoms with Gasteiger partial charge in [-0.05, 0) is 37.2 Å². The minimum atomic E-state index is -0.477. The number of aryl methyl sites for hydroxylation is 1. The van der Waals surface area contributed by atoms with E-state index in [0.29, 0.717) is 12.2 Å². The van der Waals surface area contributed by atoms with E-state index >= 15 is 0 Å². The lowest BCUT2D eigenvalue weighted by Gasteiger charge is -2.17. The Hall–Kier alpha value is -2.25. The van der Waals surface area contributed by atoms with Crippen molar-refractivity contribution in [2.24, 2.45) is 0 Å². The molecule has 0 aromatic heterocycles. The number of likely N-dealkylation sites (N-methyl/N-ethyl adjacent to an activating group) is 1. The number of nitrogens with one attached hydrogen (secondary N) is 1. The lowest BCUT2D eigenvalue weighted by Crippen LogP contribution is -2.30. The van der Waals surface area contributed by atoms with Gasteiger partial charge in [0.05, 0.1) is 17.2 Å². The van der Waals surface area contributed by atoms with Gasteiger partial charge in [0.25, 0.3) is 5.69 Å². The van der Waals surface area contributed by atoms with Crippen LogP contribution in [0.5, 0.6) is 0 Å². The normalized spacial score (nSPS) is 10.7. The second kappa shape index (κ2) is 8.03. The van der Waals surface area contributed by atoms with Crippen molar-refractivity contribution in [3.63, 3.8) is 0 Å². The molecule has 1 amide bonds. The molecule has 0 aliphatic heterocycles. The van der Waals surface area contributed by atoms with Crippen LogP contribution in [0.25, 0.3) is 0 Å². The summed E-state index contributed by atoms with van der Waals surface area (Å²) < 4.78 is 1.01. The van der Waals surface area contributed by atoms with E-state index in [4.69, 9.17) is 0 Å². The topological polar surface area (TPSA) is 75.5 Å². The Morgan fingerprint density at radius 3 is 2.54 bits per heavy atom. The van der Waals surface area contributed by atoms with Gasteiger partial charge in [-0.25, -0.2) is 0 Å². The number of halogens is 1. The summed E-state index contributed by atoms with van der Waals surface area (Å²) in [7, 11) is 1.85. The summed E-state index contributed by atoms with van der Waals surface area (Å²) in [5.74, 6) is -0.210. The molecule has 24 heavy (non-hydrogen) atoms. The van der Waals surface area contributed by atoms with Crippen molar-refractivity contribution in [3.05, 3.63) is 68.2 Å². The van der Waals surface area contributed by atoms with Gasteiger partial charge in [-0.1, -0.05) is 34.1 Å². The predicted octanol–water partition coefficient (Wildman–Crippen LogP) is 3.74. The van der Waals surface area contributed by atoms with Crippen LogP contribution >= 0.6 is 15.9 Å². The first-order valence-corrected chi connectivity index (χ1v) is 8.12. The molecule has 6 nitrogen and oxygen atoms in total. The Bertz CT molecular complexity index is 747. The zero-order valence-corrected chi connectivity index (χ0v) is 15.0. The van der Waals surface area contributed by atoms with Crippen LogP contribution in [0.2, 0.25) is 0 Å². The van der Waals surface area contributed by atoms with Crippen LogP contribution in [0.1, 0.15) is 11.1 Å². The molecule has 0 radical (unpaired) electrons. The summed E-state index contributed by atoms with van der Waals surface area (Å²) in [4.78, 5) is 24.4. The van der Waals surface area contributed by atoms with Crippen LogP contribution in [0.15, 0.2) is 46.9 Å². The maximum Gasteiger partial charge on any atom is 0.271 e. The Kier molecular flexibility index (Phi) is 6.05. The molecule has 0 spiro atoms. The van der Waals surface area contributed by atoms with Crippen molar-refractivity contribution in [2.45, 2.75) is 13.5 Å². The smallest absolute Gasteiger partial charge is 0.271 e. The third-order valence-electron chi connectivity index (χ3n) is 3.49. The van der Waals surface area contributed by atoms with Gasteiger partial charge < -0.3 is 5.32 Å². The van der Waals surface area contributed by atoms with Crippen molar-refractivity contribution in [1.29, 1.82) is 0 Å². The average molecular weight is 392 g/mol. The van der Waals surface area contributed by atoms with Gasteiger partial charge in [-0.2, -0.15) is 0 Å². The maximum atomic E-state index is 12.2. The van der Waals surface area contributed by atoms with Gasteiger partial charge in [0, 0.05) is 23.2 Å². The third-order valence-corrected chi connectivity index (χ3v) is 4.01. The highest BCUT2D eigenvalue weighted by Crippen LogP contribution is 2.21. The number of nitro benzene ring substituents is 1. The number of carbonyl (C=O) groups is 1. The standard InChI is InChI=1S/C17H18BrN3O3/c1-12-3-8-15(21(23)24)9-16(12)19-17(22)11-20(2)10-13-4-6-14(18)7-5-13/h3-9H,10-11H2,1-2H3,(H,19,22). The van der Waals surface area contributed by atoms with E-state index in [1.807, 2.05) is 36.2 Å². The van der Waals surface area contributed by atoms with Crippen LogP contribution in [0, 0.1) is 17.0 Å². The van der Waals surface area contributed by atoms with Crippen molar-refractivity contribution in [3.8, 4) is 0 Å². The highest BCUT2D eigenvalue weighted by atomic mass is 79.9. The van der Waals surface area contributed by atoms with E-state index in [9.17, 15) is 14.9 Å². The predicted molar refractivity (Wildman–Crippen MR) is 96.9 cm³/mol. The van der Waals surface area contributed by atoms with Crippen molar-refractivity contribution in [2.75, 3.05) is 18.9 Å². The summed E-state index contributed by atoms with van der Waals surface area (Å²) in [5.41, 5.74) is 2.30. The first kappa shape index (κ1) is 18.1. The molecule has 1 N–H and O–H groups in total. The van der Waals surface area contributed by atoms with Crippen LogP contribution < -0.4 is 5.32 Å². The summed E-state index contributed by atoms with van der Waals surface area (Å²) in [6, 6.07) is 12.3. The molecule has 2 aromatic rings. The van der Waals surface area contributed by atoms with Crippen molar-refractivity contribution in [1.82, 2.24) is 4.90 Å². The number of carbonyl (C=O) groups excluding carboxylic acids is 1. The lowest BCUT2D eigenvalue weighted by molar-refractivity contribution is -0.384. The van der Waals surface area contributed by atoms with E-state index in [-0.39, 0.29) is 18.1 Å². The van der Waals surface area contributed by atoms with E-state index in [1.54, 1.807) is 13.0 Å². The second-order valence-electron chi connectivity index (χ2n) is 5.60. The largest absolute Gasteiger partial charge is 0.324 e. The number of non-ortho nitro benzene ring substituents is 1. The van der Waals surface area contributed by atoms with Gasteiger partial charge in [0.2, 0.25) is 5.91 Å². The number of nitrogens with zero attached hydrogens (tertiary/aromatic N) is 2. The highest BCUT2D eigenvalue weighted by molar-refractivity contribution is 9.10. The van der Waals surface area contributed by atoms with Gasteiger partial charge in [-0.15, -0.1) is 0 Å². The van der Waals surface area contributed by atoms with E-state index in [0.717, 1.165) is 15.6 Å². The molecule has 0 saturated heterocycles. The number of benzene rings is 2. The number of nitro groups is 1. The SMILES string of the molecule is Cc1ccc([N+](=O)[O-])cc1NC(=O)CN(C)Cc1ccc(Br)cc1. The molecule has 2 aromatic carbocycles. The van der Waals surface area contributed by atoms with Crippen LogP contribution in [0.4, 0.5) is 11.4 Å². The molecule has 0 bridgehead atoms. The molecule has 0 fully saturated rings. The highest BCUT2D eigenvalue weighted by Gasteiger charge is 2.12. The second-order valence-corrected chi connectivity index (χ2v) is 6.52. The Morgan fingerprint density at radius 1 is 1.25 bits per heavy atom. The van der Waals surface area contributed by atoms with Gasteiger partial charge >= 0.3 is 0 Å². The molecule has 0 saturated carbocycles. The Balaban J connectivity index is 1.96. The Labute approximate surface area is 148 Å². The van der Waals surface area contributed by atoms with Crippen LogP contribution in [-0.2, 0) is 11.3 Å². The molecule has 0 heterocycles. The zero-order valence-electron chi connectivity index (χ0n) is 13.5. The lowest BCUT2D eigenvalue weighted by atomic mass is 10.2. The van der Waals surface area contributed by atoms with Gasteiger partial charge in [0.15, 0.2) is 0 Å². The zero-order chi connectivity index (χ0) is 17.7. The summed E-state index contributed by atoms with van der Waals surface area (Å²) in [6.45, 7) is 2.62. The molecule has 7 heteroatoms. The quantitative estimate of drug-likeness (QED) is 0.600. The number of rotatable bonds is 6. The fourth-order valence-corrected chi connectivity index (χ4v) is 2.51. The number of anilines is 1. The minimum Gasteiger partial charge on any atom is -0.324 e. The van der Waals surface area contributed by atoms with E-state index in [2.05, 4.69) is 21.2 Å². The summed E-state index contributed by atoms with van der Waals surface area (Å²) in [6.07, 6.45) is 0. The molecule has 0 atom stereocenters. The number of hydrogen-bond acceptors (Lipinski definition) is 4. The first-order chi connectivity index (χ1) is 11.3. The van der Waals surface area contributed by atoms with E-state index in [1.165, 1.54) is 12.1 Å². The minimum absolute atomic E-state index is 0.0425. The van der Waals surface area contributed by atoms with E-state index < -0.39 is 4.92 Å². The molecular weight excluding hydrogens is 374 g/mol. The number of amides is 1. The number of hydrogen-bond donors (Lipinski definition) is 1. The fourth-order valence-electron chi connectivity index (χ4n) is 2.25. The Morgan fingerprint density at radius 2 is 1.92 bits per heavy atom. The average Bonchev–Trinajstić information content (AvgIpc) is 2.51. The molecule has 0 unspecified atom stereocenters. The summed E-state index contributed by atoms with van der Waals surface area (Å²) >= 11 is 3.39. The van der Waals surface area contributed by atoms with Gasteiger partial charge in [-0.3, -0.25) is 19.8 Å². The van der Waals surface area contributed by atoms with Crippen molar-refractivity contribution < 1.29 is 9.72 Å². The van der Waals surface area contributed by atoms with Crippen LogP contribution in [-0.4, -0.2) is 29.3 Å². The fraction of sp³-hybridized carbons (Fsp3) is 0.235. The monoisotopic (exact) mass is 391 g/mol. The molecule has 126 valence electrons.